The predicted molar refractivity (Wildman–Crippen MR) is 173 cm³/mol. The van der Waals surface area contributed by atoms with Gasteiger partial charge in [0.2, 0.25) is 0 Å². The largest absolute Gasteiger partial charge is 1.00 e. The summed E-state index contributed by atoms with van der Waals surface area (Å²) in [6.45, 7) is 8.57. The van der Waals surface area contributed by atoms with E-state index in [9.17, 15) is 9.90 Å². The van der Waals surface area contributed by atoms with Crippen LogP contribution in [0.3, 0.4) is 0 Å². The second-order valence-electron chi connectivity index (χ2n) is 10.5. The van der Waals surface area contributed by atoms with Gasteiger partial charge in [0.15, 0.2) is 0 Å². The number of thioether (sulfide) groups is 1. The Labute approximate surface area is 342 Å². The number of carboxylic acid groups (broad SMARTS) is 2. The molecular formula is C34H41N5Na2O8S. The van der Waals surface area contributed by atoms with Crippen molar-refractivity contribution >= 4 is 24.2 Å². The summed E-state index contributed by atoms with van der Waals surface area (Å²) in [4.78, 5) is 34.2. The minimum atomic E-state index is -1.34. The van der Waals surface area contributed by atoms with Gasteiger partial charge in [-0.2, -0.15) is 5.26 Å². The number of aromatic carboxylic acids is 1. The summed E-state index contributed by atoms with van der Waals surface area (Å²) in [7, 11) is 0. The Hall–Kier alpha value is -1.94. The zero-order valence-electron chi connectivity index (χ0n) is 29.0. The molecule has 1 aliphatic heterocycles. The van der Waals surface area contributed by atoms with E-state index in [2.05, 4.69) is 25.2 Å². The molecular weight excluding hydrogens is 684 g/mol. The maximum absolute atomic E-state index is 11.6. The van der Waals surface area contributed by atoms with E-state index in [4.69, 9.17) is 34.1 Å². The van der Waals surface area contributed by atoms with Crippen LogP contribution in [0.4, 0.5) is 0 Å². The molecule has 0 N–H and O–H groups in total. The van der Waals surface area contributed by atoms with E-state index in [0.29, 0.717) is 71.6 Å². The van der Waals surface area contributed by atoms with E-state index in [0.717, 1.165) is 53.2 Å². The van der Waals surface area contributed by atoms with Crippen molar-refractivity contribution in [3.05, 3.63) is 89.0 Å². The van der Waals surface area contributed by atoms with Crippen molar-refractivity contribution in [2.75, 3.05) is 79.0 Å². The van der Waals surface area contributed by atoms with E-state index in [1.807, 2.05) is 55.5 Å². The Morgan fingerprint density at radius 1 is 0.860 bits per heavy atom. The van der Waals surface area contributed by atoms with Gasteiger partial charge in [-0.3, -0.25) is 14.8 Å². The fourth-order valence-electron chi connectivity index (χ4n) is 5.01. The maximum Gasteiger partial charge on any atom is 1.00 e. The molecule has 1 unspecified atom stereocenters. The molecule has 2 aromatic heterocycles. The van der Waals surface area contributed by atoms with Crippen molar-refractivity contribution in [1.29, 1.82) is 5.26 Å². The van der Waals surface area contributed by atoms with Crippen LogP contribution >= 0.6 is 11.8 Å². The molecule has 0 aliphatic carbocycles. The Morgan fingerprint density at radius 3 is 1.92 bits per heavy atom. The number of pyridine rings is 2. The van der Waals surface area contributed by atoms with E-state index >= 15 is 0 Å². The van der Waals surface area contributed by atoms with Crippen LogP contribution in [0.25, 0.3) is 0 Å². The summed E-state index contributed by atoms with van der Waals surface area (Å²) in [5.41, 5.74) is 3.35. The Morgan fingerprint density at radius 2 is 1.40 bits per heavy atom. The predicted octanol–water partition coefficient (Wildman–Crippen LogP) is -4.93. The van der Waals surface area contributed by atoms with Crippen LogP contribution < -0.4 is 69.3 Å². The number of aryl methyl sites for hydroxylation is 1. The van der Waals surface area contributed by atoms with Crippen molar-refractivity contribution < 1.29 is 97.9 Å². The van der Waals surface area contributed by atoms with Crippen LogP contribution in [-0.4, -0.2) is 111 Å². The summed E-state index contributed by atoms with van der Waals surface area (Å²) >= 11 is 1.08. The number of ether oxygens (including phenoxy) is 4. The van der Waals surface area contributed by atoms with Crippen LogP contribution in [0.5, 0.6) is 0 Å². The van der Waals surface area contributed by atoms with Crippen LogP contribution in [-0.2, 0) is 30.3 Å². The third kappa shape index (κ3) is 17.5. The van der Waals surface area contributed by atoms with Gasteiger partial charge in [0, 0.05) is 49.8 Å². The molecule has 0 saturated carbocycles. The van der Waals surface area contributed by atoms with Gasteiger partial charge in [-0.05, 0) is 60.6 Å². The Balaban J connectivity index is 0.00000241. The van der Waals surface area contributed by atoms with Gasteiger partial charge >= 0.3 is 59.1 Å². The molecule has 258 valence electrons. The summed E-state index contributed by atoms with van der Waals surface area (Å²) in [6, 6.07) is 18.2. The molecule has 50 heavy (non-hydrogen) atoms. The van der Waals surface area contributed by atoms with E-state index < -0.39 is 12.4 Å². The smallest absolute Gasteiger partial charge is 0.554 e. The van der Waals surface area contributed by atoms with Crippen LogP contribution in [0.1, 0.15) is 39.2 Å². The fraction of sp³-hybridized carbons (Fsp3) is 0.441. The molecule has 16 heteroatoms. The zero-order chi connectivity index (χ0) is 34.4. The number of hydrogen-bond acceptors (Lipinski definition) is 14. The van der Waals surface area contributed by atoms with Crippen molar-refractivity contribution in [2.24, 2.45) is 0 Å². The Bertz CT molecular complexity index is 1420. The van der Waals surface area contributed by atoms with Crippen LogP contribution in [0.15, 0.2) is 65.6 Å². The molecule has 0 amide bonds. The molecule has 1 atom stereocenters. The molecule has 3 aromatic rings. The third-order valence-corrected chi connectivity index (χ3v) is 7.81. The van der Waals surface area contributed by atoms with Gasteiger partial charge in [-0.15, -0.1) is 0 Å². The minimum Gasteiger partial charge on any atom is -0.554 e. The number of carbonyl (C=O) groups is 2. The first-order valence-electron chi connectivity index (χ1n) is 15.5. The van der Waals surface area contributed by atoms with Crippen LogP contribution in [0.2, 0.25) is 0 Å². The zero-order valence-corrected chi connectivity index (χ0v) is 33.8. The van der Waals surface area contributed by atoms with Crippen molar-refractivity contribution in [2.45, 2.75) is 24.4 Å². The number of aromatic nitrogens is 2. The number of carbonyl (C=O) groups excluding carboxylic acids is 2. The monoisotopic (exact) mass is 725 g/mol. The first-order valence-corrected chi connectivity index (χ1v) is 16.4. The first-order chi connectivity index (χ1) is 23.4. The molecule has 0 bridgehead atoms. The maximum atomic E-state index is 11.6. The number of hydrogen-bond donors (Lipinski definition) is 0. The quantitative estimate of drug-likeness (QED) is 0.0982. The van der Waals surface area contributed by atoms with Crippen molar-refractivity contribution in [1.82, 2.24) is 19.8 Å². The number of nitriles is 1. The van der Waals surface area contributed by atoms with E-state index in [1.54, 1.807) is 6.07 Å². The summed E-state index contributed by atoms with van der Waals surface area (Å²) in [6.07, 6.45) is 0. The molecule has 13 nitrogen and oxygen atoms in total. The molecule has 0 radical (unpaired) electrons. The average Bonchev–Trinajstić information content (AvgIpc) is 3.07. The van der Waals surface area contributed by atoms with Crippen molar-refractivity contribution in [3.8, 4) is 5.40 Å². The van der Waals surface area contributed by atoms with Gasteiger partial charge < -0.3 is 38.7 Å². The SMILES string of the molecule is Cc1cccc(CN2CCOCCOCCN(C(c3ccc(SC#N)cc3)c3cccc(C(=O)[O-])n3)CCOCCOCC2)n1.O=C[O-].[Na+].[Na+]. The second-order valence-corrected chi connectivity index (χ2v) is 11.4. The third-order valence-electron chi connectivity index (χ3n) is 7.21. The molecule has 1 aromatic carbocycles. The Kier molecular flexibility index (Phi) is 25.5. The molecule has 4 rings (SSSR count). The molecule has 3 heterocycles. The number of carboxylic acids is 1. The minimum absolute atomic E-state index is 0. The summed E-state index contributed by atoms with van der Waals surface area (Å²) < 4.78 is 23.7. The first kappa shape index (κ1) is 46.1. The van der Waals surface area contributed by atoms with E-state index in [1.165, 1.54) is 6.07 Å². The molecule has 1 aliphatic rings. The average molecular weight is 726 g/mol. The summed E-state index contributed by atoms with van der Waals surface area (Å²) in [5, 5.41) is 31.1. The van der Waals surface area contributed by atoms with Gasteiger partial charge in [-0.1, -0.05) is 24.3 Å². The van der Waals surface area contributed by atoms with Crippen molar-refractivity contribution in [3.63, 3.8) is 0 Å². The normalized spacial score (nSPS) is 16.3. The van der Waals surface area contributed by atoms with E-state index in [-0.39, 0.29) is 70.9 Å². The fourth-order valence-corrected chi connectivity index (χ4v) is 5.39. The number of benzene rings is 1. The van der Waals surface area contributed by atoms with Gasteiger partial charge in [-0.25, -0.2) is 4.98 Å². The molecule has 1 fully saturated rings. The van der Waals surface area contributed by atoms with Gasteiger partial charge in [0.1, 0.15) is 5.40 Å². The van der Waals surface area contributed by atoms with Crippen LogP contribution in [0, 0.1) is 17.6 Å². The molecule has 1 saturated heterocycles. The number of thiocyanates is 1. The molecule has 0 spiro atoms. The standard InChI is InChI=1S/C33H41N5O6S.CH2O2.2Na/c1-26-4-2-5-28(35-26)24-37-12-16-41-20-22-43-18-14-38(15-19-44-23-21-42-17-13-37)32(27-8-10-29(11-9-27)45-25-34)30-6-3-7-31(36-30)33(39)40;2-1-3;;/h2-11,32H,12-24H2,1H3,(H,39,40);1H,(H,2,3);;/q;;2*+1/p-2. The topological polar surface area (TPSA) is 173 Å². The number of nitrogens with zero attached hydrogens (tertiary/aromatic N) is 5. The number of rotatable bonds is 7. The second kappa shape index (κ2) is 27.7. The summed E-state index contributed by atoms with van der Waals surface area (Å²) in [5.74, 6) is -1.34. The van der Waals surface area contributed by atoms with Gasteiger partial charge in [0.05, 0.1) is 81.9 Å². The van der Waals surface area contributed by atoms with Gasteiger partial charge in [0.25, 0.3) is 0 Å².